The third-order valence-corrected chi connectivity index (χ3v) is 3.69. The maximum atomic E-state index is 11.7. The number of hydrogen-bond donors (Lipinski definition) is 1. The Morgan fingerprint density at radius 3 is 3.00 bits per heavy atom. The second-order valence-corrected chi connectivity index (χ2v) is 4.88. The van der Waals surface area contributed by atoms with Crippen LogP contribution in [0.1, 0.15) is 36.9 Å². The maximum Gasteiger partial charge on any atom is 0.310 e. The molecule has 0 radical (unpaired) electrons. The molecule has 4 nitrogen and oxygen atoms in total. The third-order valence-electron chi connectivity index (χ3n) is 3.69. The predicted octanol–water partition coefficient (Wildman–Crippen LogP) is 2.21. The van der Waals surface area contributed by atoms with Gasteiger partial charge in [0.15, 0.2) is 0 Å². The van der Waals surface area contributed by atoms with Crippen molar-refractivity contribution in [1.29, 1.82) is 0 Å². The van der Waals surface area contributed by atoms with E-state index in [4.69, 9.17) is 15.2 Å². The number of esters is 1. The van der Waals surface area contributed by atoms with Crippen LogP contribution < -0.4 is 10.5 Å². The Labute approximate surface area is 113 Å². The lowest BCUT2D eigenvalue weighted by Gasteiger charge is -2.23. The highest BCUT2D eigenvalue weighted by atomic mass is 16.5. The quantitative estimate of drug-likeness (QED) is 0.846. The first-order chi connectivity index (χ1) is 9.17. The average Bonchev–Trinajstić information content (AvgIpc) is 2.47. The Bertz CT molecular complexity index is 459. The molecule has 0 aliphatic carbocycles. The summed E-state index contributed by atoms with van der Waals surface area (Å²) >= 11 is 0. The Balaban J connectivity index is 2.23. The summed E-state index contributed by atoms with van der Waals surface area (Å²) in [5.74, 6) is 0.393. The number of nitrogens with two attached hydrogens (primary N) is 1. The van der Waals surface area contributed by atoms with Crippen LogP contribution in [0.3, 0.4) is 0 Å². The fourth-order valence-corrected chi connectivity index (χ4v) is 2.54. The van der Waals surface area contributed by atoms with Crippen LogP contribution in [0.4, 0.5) is 0 Å². The number of ether oxygens (including phenoxy) is 2. The first kappa shape index (κ1) is 13.9. The van der Waals surface area contributed by atoms with E-state index in [2.05, 4.69) is 6.07 Å². The molecule has 1 aromatic rings. The molecule has 0 aromatic heterocycles. The van der Waals surface area contributed by atoms with E-state index in [0.29, 0.717) is 6.42 Å². The molecule has 2 N–H and O–H groups in total. The van der Waals surface area contributed by atoms with Crippen molar-refractivity contribution in [3.63, 3.8) is 0 Å². The van der Waals surface area contributed by atoms with Crippen LogP contribution in [0.2, 0.25) is 0 Å². The molecular formula is C15H21NO3. The highest BCUT2D eigenvalue weighted by molar-refractivity contribution is 5.73. The number of methoxy groups -OCH3 is 1. The normalized spacial score (nSPS) is 17.0. The molecule has 2 rings (SSSR count). The second-order valence-electron chi connectivity index (χ2n) is 4.88. The first-order valence-corrected chi connectivity index (χ1v) is 6.76. The zero-order valence-corrected chi connectivity index (χ0v) is 11.5. The van der Waals surface area contributed by atoms with Crippen molar-refractivity contribution < 1.29 is 14.3 Å². The van der Waals surface area contributed by atoms with Gasteiger partial charge in [0.05, 0.1) is 19.6 Å². The van der Waals surface area contributed by atoms with E-state index in [1.54, 1.807) is 0 Å². The Morgan fingerprint density at radius 2 is 2.32 bits per heavy atom. The van der Waals surface area contributed by atoms with Crippen LogP contribution in [0.15, 0.2) is 18.2 Å². The van der Waals surface area contributed by atoms with Crippen molar-refractivity contribution in [2.24, 2.45) is 11.7 Å². The van der Waals surface area contributed by atoms with E-state index in [9.17, 15) is 4.79 Å². The summed E-state index contributed by atoms with van der Waals surface area (Å²) in [6.07, 6.45) is 2.70. The minimum absolute atomic E-state index is 0.246. The number of rotatable bonds is 4. The van der Waals surface area contributed by atoms with Crippen LogP contribution in [0.25, 0.3) is 0 Å². The van der Waals surface area contributed by atoms with Crippen LogP contribution in [-0.2, 0) is 16.0 Å². The second kappa shape index (κ2) is 6.06. The number of aryl methyl sites for hydroxylation is 1. The highest BCUT2D eigenvalue weighted by Crippen LogP contribution is 2.30. The summed E-state index contributed by atoms with van der Waals surface area (Å²) in [4.78, 5) is 11.7. The summed E-state index contributed by atoms with van der Waals surface area (Å²) in [6.45, 7) is 2.72. The van der Waals surface area contributed by atoms with Gasteiger partial charge in [0, 0.05) is 6.04 Å². The number of fused-ring (bicyclic) bond motifs is 1. The van der Waals surface area contributed by atoms with Gasteiger partial charge in [0.1, 0.15) is 5.75 Å². The lowest BCUT2D eigenvalue weighted by Crippen LogP contribution is -2.29. The van der Waals surface area contributed by atoms with Crippen LogP contribution in [0, 0.1) is 5.92 Å². The number of carbonyl (C=O) groups excluding carboxylic acids is 1. The smallest absolute Gasteiger partial charge is 0.310 e. The van der Waals surface area contributed by atoms with Gasteiger partial charge in [-0.15, -0.1) is 0 Å². The zero-order valence-electron chi connectivity index (χ0n) is 11.5. The minimum Gasteiger partial charge on any atom is -0.493 e. The van der Waals surface area contributed by atoms with Crippen molar-refractivity contribution in [3.05, 3.63) is 29.3 Å². The summed E-state index contributed by atoms with van der Waals surface area (Å²) in [5.41, 5.74) is 8.37. The molecule has 0 spiro atoms. The number of hydrogen-bond acceptors (Lipinski definition) is 4. The standard InChI is InChI=1S/C15H21NO3/c1-3-12(15(17)18-2)14(16)11-6-7-13-10(9-11)5-4-8-19-13/h6-7,9,12,14H,3-5,8,16H2,1-2H3. The van der Waals surface area contributed by atoms with Gasteiger partial charge in [-0.25, -0.2) is 0 Å². The van der Waals surface area contributed by atoms with Crippen molar-refractivity contribution in [2.75, 3.05) is 13.7 Å². The molecule has 2 atom stereocenters. The monoisotopic (exact) mass is 263 g/mol. The van der Waals surface area contributed by atoms with E-state index in [1.165, 1.54) is 12.7 Å². The largest absolute Gasteiger partial charge is 0.493 e. The molecule has 1 aliphatic rings. The van der Waals surface area contributed by atoms with Gasteiger partial charge in [-0.1, -0.05) is 19.1 Å². The lowest BCUT2D eigenvalue weighted by atomic mass is 9.90. The van der Waals surface area contributed by atoms with Gasteiger partial charge in [0.2, 0.25) is 0 Å². The van der Waals surface area contributed by atoms with Crippen molar-refractivity contribution in [1.82, 2.24) is 0 Å². The molecule has 0 amide bonds. The molecule has 1 heterocycles. The molecule has 4 heteroatoms. The topological polar surface area (TPSA) is 61.5 Å². The van der Waals surface area contributed by atoms with Gasteiger partial charge < -0.3 is 15.2 Å². The summed E-state index contributed by atoms with van der Waals surface area (Å²) in [6, 6.07) is 5.63. The Morgan fingerprint density at radius 1 is 1.53 bits per heavy atom. The Hall–Kier alpha value is -1.55. The van der Waals surface area contributed by atoms with Crippen molar-refractivity contribution in [3.8, 4) is 5.75 Å². The van der Waals surface area contributed by atoms with E-state index in [-0.39, 0.29) is 17.9 Å². The van der Waals surface area contributed by atoms with Crippen LogP contribution in [-0.4, -0.2) is 19.7 Å². The van der Waals surface area contributed by atoms with Crippen molar-refractivity contribution >= 4 is 5.97 Å². The van der Waals surface area contributed by atoms with Crippen molar-refractivity contribution in [2.45, 2.75) is 32.2 Å². The first-order valence-electron chi connectivity index (χ1n) is 6.76. The maximum absolute atomic E-state index is 11.7. The molecule has 0 fully saturated rings. The van der Waals surface area contributed by atoms with Crippen LogP contribution in [0.5, 0.6) is 5.75 Å². The summed E-state index contributed by atoms with van der Waals surface area (Å²) < 4.78 is 10.4. The SMILES string of the molecule is CCC(C(=O)OC)C(N)c1ccc2c(c1)CCCO2. The molecule has 1 aromatic carbocycles. The average molecular weight is 263 g/mol. The number of benzene rings is 1. The molecular weight excluding hydrogens is 242 g/mol. The molecule has 2 unspecified atom stereocenters. The lowest BCUT2D eigenvalue weighted by molar-refractivity contribution is -0.146. The van der Waals surface area contributed by atoms with Gasteiger partial charge in [0.25, 0.3) is 0 Å². The summed E-state index contributed by atoms with van der Waals surface area (Å²) in [5, 5.41) is 0. The van der Waals surface area contributed by atoms with E-state index in [0.717, 1.165) is 30.8 Å². The van der Waals surface area contributed by atoms with E-state index < -0.39 is 0 Å². The van der Waals surface area contributed by atoms with Gasteiger partial charge in [-0.05, 0) is 36.5 Å². The van der Waals surface area contributed by atoms with Gasteiger partial charge >= 0.3 is 5.97 Å². The summed E-state index contributed by atoms with van der Waals surface area (Å²) in [7, 11) is 1.40. The van der Waals surface area contributed by atoms with Gasteiger partial charge in [-0.3, -0.25) is 4.79 Å². The molecule has 19 heavy (non-hydrogen) atoms. The molecule has 104 valence electrons. The van der Waals surface area contributed by atoms with E-state index >= 15 is 0 Å². The van der Waals surface area contributed by atoms with Gasteiger partial charge in [-0.2, -0.15) is 0 Å². The third kappa shape index (κ3) is 2.89. The van der Waals surface area contributed by atoms with E-state index in [1.807, 2.05) is 19.1 Å². The Kier molecular flexibility index (Phi) is 4.43. The highest BCUT2D eigenvalue weighted by Gasteiger charge is 2.26. The zero-order chi connectivity index (χ0) is 13.8. The molecule has 1 aliphatic heterocycles. The molecule has 0 saturated heterocycles. The number of carbonyl (C=O) groups is 1. The predicted molar refractivity (Wildman–Crippen MR) is 73.0 cm³/mol. The molecule has 0 bridgehead atoms. The molecule has 0 saturated carbocycles. The fraction of sp³-hybridized carbons (Fsp3) is 0.533. The fourth-order valence-electron chi connectivity index (χ4n) is 2.54. The van der Waals surface area contributed by atoms with Crippen LogP contribution >= 0.6 is 0 Å². The minimum atomic E-state index is -0.329.